The standard InChI is InChI=1S/C23H21N5OS/c1-16(30-23-27-26-21(28(23)2)18-12-14-24-15-13-18)22(29)25-20-11-7-6-10-19(20)17-8-4-3-5-9-17/h3-16H,1-2H3,(H,25,29)/t16-/m1/s1. The molecule has 1 N–H and O–H groups in total. The zero-order valence-electron chi connectivity index (χ0n) is 16.7. The van der Waals surface area contributed by atoms with Crippen LogP contribution in [0.4, 0.5) is 5.69 Å². The number of para-hydroxylation sites is 1. The summed E-state index contributed by atoms with van der Waals surface area (Å²) in [6, 6.07) is 21.6. The van der Waals surface area contributed by atoms with Crippen molar-refractivity contribution in [2.45, 2.75) is 17.3 Å². The predicted octanol–water partition coefficient (Wildman–Crippen LogP) is 4.66. The van der Waals surface area contributed by atoms with Crippen LogP contribution in [0.25, 0.3) is 22.5 Å². The molecule has 0 fully saturated rings. The number of carbonyl (C=O) groups is 1. The van der Waals surface area contributed by atoms with Gasteiger partial charge in [-0.15, -0.1) is 10.2 Å². The maximum Gasteiger partial charge on any atom is 0.237 e. The Balaban J connectivity index is 1.49. The molecule has 2 aromatic carbocycles. The van der Waals surface area contributed by atoms with Crippen molar-refractivity contribution in [3.63, 3.8) is 0 Å². The highest BCUT2D eigenvalue weighted by atomic mass is 32.2. The fourth-order valence-corrected chi connectivity index (χ4v) is 3.89. The van der Waals surface area contributed by atoms with Crippen molar-refractivity contribution in [1.29, 1.82) is 0 Å². The number of hydrogen-bond acceptors (Lipinski definition) is 5. The molecule has 1 amide bonds. The van der Waals surface area contributed by atoms with Crippen LogP contribution in [0.3, 0.4) is 0 Å². The lowest BCUT2D eigenvalue weighted by Crippen LogP contribution is -2.23. The van der Waals surface area contributed by atoms with Crippen molar-refractivity contribution >= 4 is 23.4 Å². The number of hydrogen-bond donors (Lipinski definition) is 1. The summed E-state index contributed by atoms with van der Waals surface area (Å²) in [5.41, 5.74) is 3.77. The van der Waals surface area contributed by atoms with E-state index in [0.717, 1.165) is 28.2 Å². The summed E-state index contributed by atoms with van der Waals surface area (Å²) in [6.07, 6.45) is 3.44. The summed E-state index contributed by atoms with van der Waals surface area (Å²) >= 11 is 1.38. The molecule has 2 heterocycles. The van der Waals surface area contributed by atoms with Crippen LogP contribution in [-0.4, -0.2) is 30.9 Å². The minimum Gasteiger partial charge on any atom is -0.325 e. The molecule has 6 nitrogen and oxygen atoms in total. The van der Waals surface area contributed by atoms with Crippen molar-refractivity contribution in [1.82, 2.24) is 19.7 Å². The molecule has 30 heavy (non-hydrogen) atoms. The van der Waals surface area contributed by atoms with Crippen molar-refractivity contribution in [3.05, 3.63) is 79.1 Å². The zero-order valence-corrected chi connectivity index (χ0v) is 17.5. The second-order valence-electron chi connectivity index (χ2n) is 6.76. The number of benzene rings is 2. The number of nitrogens with one attached hydrogen (secondary N) is 1. The van der Waals surface area contributed by atoms with E-state index in [1.165, 1.54) is 11.8 Å². The van der Waals surface area contributed by atoms with Crippen LogP contribution in [0.2, 0.25) is 0 Å². The molecular formula is C23H21N5OS. The van der Waals surface area contributed by atoms with Crippen molar-refractivity contribution in [2.24, 2.45) is 7.05 Å². The van der Waals surface area contributed by atoms with Crippen LogP contribution in [0.1, 0.15) is 6.92 Å². The molecule has 0 radical (unpaired) electrons. The predicted molar refractivity (Wildman–Crippen MR) is 120 cm³/mol. The lowest BCUT2D eigenvalue weighted by atomic mass is 10.0. The molecule has 0 aliphatic carbocycles. The molecule has 2 aromatic heterocycles. The van der Waals surface area contributed by atoms with E-state index >= 15 is 0 Å². The summed E-state index contributed by atoms with van der Waals surface area (Å²) in [5.74, 6) is 0.652. The first-order chi connectivity index (χ1) is 14.6. The van der Waals surface area contributed by atoms with Crippen molar-refractivity contribution in [3.8, 4) is 22.5 Å². The second-order valence-corrected chi connectivity index (χ2v) is 8.07. The van der Waals surface area contributed by atoms with Crippen LogP contribution < -0.4 is 5.32 Å². The Kier molecular flexibility index (Phi) is 5.90. The quantitative estimate of drug-likeness (QED) is 0.464. The average Bonchev–Trinajstić information content (AvgIpc) is 3.15. The molecule has 0 spiro atoms. The van der Waals surface area contributed by atoms with Gasteiger partial charge in [-0.25, -0.2) is 0 Å². The van der Waals surface area contributed by atoms with Crippen LogP contribution in [0.5, 0.6) is 0 Å². The molecule has 4 rings (SSSR count). The first-order valence-corrected chi connectivity index (χ1v) is 10.4. The van der Waals surface area contributed by atoms with Gasteiger partial charge in [0.05, 0.1) is 5.25 Å². The van der Waals surface area contributed by atoms with Gasteiger partial charge < -0.3 is 9.88 Å². The highest BCUT2D eigenvalue weighted by molar-refractivity contribution is 8.00. The number of nitrogens with zero attached hydrogens (tertiary/aromatic N) is 4. The highest BCUT2D eigenvalue weighted by Gasteiger charge is 2.20. The molecule has 0 unspecified atom stereocenters. The third-order valence-corrected chi connectivity index (χ3v) is 5.83. The van der Waals surface area contributed by atoms with Gasteiger partial charge in [0, 0.05) is 36.3 Å². The fraction of sp³-hybridized carbons (Fsp3) is 0.130. The Morgan fingerprint density at radius 2 is 1.63 bits per heavy atom. The zero-order chi connectivity index (χ0) is 20.9. The summed E-state index contributed by atoms with van der Waals surface area (Å²) in [6.45, 7) is 1.87. The lowest BCUT2D eigenvalue weighted by Gasteiger charge is -2.15. The van der Waals surface area contributed by atoms with Gasteiger partial charge in [0.25, 0.3) is 0 Å². The van der Waals surface area contributed by atoms with Crippen LogP contribution in [-0.2, 0) is 11.8 Å². The average molecular weight is 416 g/mol. The Morgan fingerprint density at radius 1 is 0.933 bits per heavy atom. The monoisotopic (exact) mass is 415 g/mol. The molecule has 0 bridgehead atoms. The number of anilines is 1. The number of pyridine rings is 1. The van der Waals surface area contributed by atoms with E-state index in [-0.39, 0.29) is 11.2 Å². The van der Waals surface area contributed by atoms with Gasteiger partial charge >= 0.3 is 0 Å². The Labute approximate surface area is 179 Å². The van der Waals surface area contributed by atoms with E-state index < -0.39 is 0 Å². The van der Waals surface area contributed by atoms with E-state index in [4.69, 9.17) is 0 Å². The number of thioether (sulfide) groups is 1. The number of rotatable bonds is 6. The maximum atomic E-state index is 12.9. The first-order valence-electron chi connectivity index (χ1n) is 9.55. The van der Waals surface area contributed by atoms with E-state index in [0.29, 0.717) is 5.16 Å². The number of amides is 1. The first kappa shape index (κ1) is 19.8. The Hall–Kier alpha value is -3.45. The van der Waals surface area contributed by atoms with Gasteiger partial charge in [-0.2, -0.15) is 0 Å². The topological polar surface area (TPSA) is 72.7 Å². The van der Waals surface area contributed by atoms with Gasteiger partial charge in [-0.3, -0.25) is 9.78 Å². The van der Waals surface area contributed by atoms with Gasteiger partial charge in [0.1, 0.15) is 0 Å². The van der Waals surface area contributed by atoms with Gasteiger partial charge in [-0.1, -0.05) is 60.3 Å². The smallest absolute Gasteiger partial charge is 0.237 e. The number of aromatic nitrogens is 4. The molecule has 1 atom stereocenters. The molecule has 0 aliphatic heterocycles. The minimum absolute atomic E-state index is 0.0863. The lowest BCUT2D eigenvalue weighted by molar-refractivity contribution is -0.115. The normalized spacial score (nSPS) is 11.8. The number of carbonyl (C=O) groups excluding carboxylic acids is 1. The van der Waals surface area contributed by atoms with E-state index in [1.807, 2.05) is 85.3 Å². The molecule has 0 aliphatic rings. The molecule has 0 saturated carbocycles. The molecule has 150 valence electrons. The van der Waals surface area contributed by atoms with E-state index in [2.05, 4.69) is 20.5 Å². The molecule has 4 aromatic rings. The van der Waals surface area contributed by atoms with Crippen LogP contribution in [0, 0.1) is 0 Å². The van der Waals surface area contributed by atoms with Gasteiger partial charge in [0.2, 0.25) is 5.91 Å². The largest absolute Gasteiger partial charge is 0.325 e. The maximum absolute atomic E-state index is 12.9. The Bertz CT molecular complexity index is 1140. The minimum atomic E-state index is -0.345. The highest BCUT2D eigenvalue weighted by Crippen LogP contribution is 2.30. The SMILES string of the molecule is C[C@@H](Sc1nnc(-c2ccncc2)n1C)C(=O)Nc1ccccc1-c1ccccc1. The summed E-state index contributed by atoms with van der Waals surface area (Å²) in [4.78, 5) is 16.9. The molecule has 7 heteroatoms. The van der Waals surface area contributed by atoms with Crippen LogP contribution >= 0.6 is 11.8 Å². The third-order valence-electron chi connectivity index (χ3n) is 4.69. The van der Waals surface area contributed by atoms with Gasteiger partial charge in [0.15, 0.2) is 11.0 Å². The summed E-state index contributed by atoms with van der Waals surface area (Å²) in [7, 11) is 1.90. The molecule has 0 saturated heterocycles. The van der Waals surface area contributed by atoms with Gasteiger partial charge in [-0.05, 0) is 30.7 Å². The van der Waals surface area contributed by atoms with Crippen molar-refractivity contribution < 1.29 is 4.79 Å². The van der Waals surface area contributed by atoms with Crippen molar-refractivity contribution in [2.75, 3.05) is 5.32 Å². The summed E-state index contributed by atoms with van der Waals surface area (Å²) in [5, 5.41) is 11.9. The molecular weight excluding hydrogens is 394 g/mol. The summed E-state index contributed by atoms with van der Waals surface area (Å²) < 4.78 is 1.89. The fourth-order valence-electron chi connectivity index (χ4n) is 3.08. The third kappa shape index (κ3) is 4.26. The Morgan fingerprint density at radius 3 is 2.40 bits per heavy atom. The van der Waals surface area contributed by atoms with E-state index in [1.54, 1.807) is 12.4 Å². The second kappa shape index (κ2) is 8.92. The van der Waals surface area contributed by atoms with Crippen LogP contribution in [0.15, 0.2) is 84.3 Å². The van der Waals surface area contributed by atoms with E-state index in [9.17, 15) is 4.79 Å².